The topological polar surface area (TPSA) is 61.4 Å². The summed E-state index contributed by atoms with van der Waals surface area (Å²) in [6.07, 6.45) is 0. The number of nitrogens with one attached hydrogen (secondary N) is 2. The van der Waals surface area contributed by atoms with Gasteiger partial charge in [0.25, 0.3) is 0 Å². The van der Waals surface area contributed by atoms with Crippen LogP contribution < -0.4 is 10.6 Å². The summed E-state index contributed by atoms with van der Waals surface area (Å²) in [4.78, 5) is 10.8. The average molecular weight is 144 g/mol. The lowest BCUT2D eigenvalue weighted by molar-refractivity contribution is -0.123. The molecule has 1 saturated heterocycles. The van der Waals surface area contributed by atoms with Crippen molar-refractivity contribution in [3.05, 3.63) is 0 Å². The maximum atomic E-state index is 10.8. The van der Waals surface area contributed by atoms with Crippen molar-refractivity contribution < 1.29 is 9.90 Å². The van der Waals surface area contributed by atoms with Gasteiger partial charge >= 0.3 is 0 Å². The number of hydrogen-bond acceptors (Lipinski definition) is 4. The van der Waals surface area contributed by atoms with E-state index in [2.05, 4.69) is 10.6 Å². The smallest absolute Gasteiger partial charge is 0.176 e. The van der Waals surface area contributed by atoms with Crippen LogP contribution in [0.1, 0.15) is 0 Å². The third-order valence-electron chi connectivity index (χ3n) is 1.59. The van der Waals surface area contributed by atoms with Gasteiger partial charge in [0.05, 0.1) is 6.04 Å². The molecule has 4 heteroatoms. The number of carbonyl (C=O) groups excluding carboxylic acids is 1. The van der Waals surface area contributed by atoms with Gasteiger partial charge in [-0.1, -0.05) is 0 Å². The van der Waals surface area contributed by atoms with Gasteiger partial charge in [0, 0.05) is 19.6 Å². The van der Waals surface area contributed by atoms with E-state index in [1.54, 1.807) is 0 Å². The first kappa shape index (κ1) is 7.65. The van der Waals surface area contributed by atoms with Gasteiger partial charge in [-0.3, -0.25) is 4.79 Å². The van der Waals surface area contributed by atoms with E-state index in [1.807, 2.05) is 0 Å². The number of rotatable bonds is 2. The molecule has 58 valence electrons. The van der Waals surface area contributed by atoms with E-state index < -0.39 is 0 Å². The van der Waals surface area contributed by atoms with Crippen LogP contribution in [0, 0.1) is 0 Å². The lowest BCUT2D eigenvalue weighted by atomic mass is 10.1. The second kappa shape index (κ2) is 3.65. The molecule has 0 aromatic rings. The van der Waals surface area contributed by atoms with E-state index in [1.165, 1.54) is 0 Å². The number of Topliss-reactive ketones (excluding diaryl/α,β-unsaturated/α-hetero) is 1. The molecule has 0 amide bonds. The second-order valence-electron chi connectivity index (χ2n) is 2.34. The van der Waals surface area contributed by atoms with Crippen molar-refractivity contribution in [1.29, 1.82) is 0 Å². The van der Waals surface area contributed by atoms with Gasteiger partial charge in [0.1, 0.15) is 6.61 Å². The van der Waals surface area contributed by atoms with Crippen LogP contribution in [0.25, 0.3) is 0 Å². The van der Waals surface area contributed by atoms with Gasteiger partial charge in [0.2, 0.25) is 0 Å². The van der Waals surface area contributed by atoms with Gasteiger partial charge in [-0.25, -0.2) is 0 Å². The zero-order chi connectivity index (χ0) is 7.40. The van der Waals surface area contributed by atoms with E-state index in [0.717, 1.165) is 13.1 Å². The molecule has 0 saturated carbocycles. The molecule has 1 aliphatic heterocycles. The monoisotopic (exact) mass is 144 g/mol. The molecule has 0 aromatic carbocycles. The lowest BCUT2D eigenvalue weighted by Crippen LogP contribution is -2.53. The summed E-state index contributed by atoms with van der Waals surface area (Å²) in [5.41, 5.74) is 0. The molecular formula is C6H12N2O2. The van der Waals surface area contributed by atoms with Crippen molar-refractivity contribution in [2.45, 2.75) is 6.04 Å². The minimum atomic E-state index is -0.362. The van der Waals surface area contributed by atoms with Crippen LogP contribution in [0.5, 0.6) is 0 Å². The quantitative estimate of drug-likeness (QED) is 0.424. The first-order valence-electron chi connectivity index (χ1n) is 3.42. The number of hydrogen-bond donors (Lipinski definition) is 3. The first-order valence-corrected chi connectivity index (χ1v) is 3.42. The average Bonchev–Trinajstić information content (AvgIpc) is 2.05. The Kier molecular flexibility index (Phi) is 2.80. The number of piperazine rings is 1. The van der Waals surface area contributed by atoms with Crippen LogP contribution >= 0.6 is 0 Å². The fourth-order valence-corrected chi connectivity index (χ4v) is 0.991. The maximum absolute atomic E-state index is 10.8. The highest BCUT2D eigenvalue weighted by Gasteiger charge is 2.18. The van der Waals surface area contributed by atoms with Crippen LogP contribution in [0.15, 0.2) is 0 Å². The molecule has 1 aliphatic rings. The van der Waals surface area contributed by atoms with Crippen molar-refractivity contribution in [1.82, 2.24) is 10.6 Å². The summed E-state index contributed by atoms with van der Waals surface area (Å²) in [6, 6.07) is -0.182. The van der Waals surface area contributed by atoms with Crippen molar-refractivity contribution >= 4 is 5.78 Å². The predicted molar refractivity (Wildman–Crippen MR) is 36.8 cm³/mol. The zero-order valence-corrected chi connectivity index (χ0v) is 5.76. The Hall–Kier alpha value is -0.450. The molecule has 0 radical (unpaired) electrons. The summed E-state index contributed by atoms with van der Waals surface area (Å²) in [5.74, 6) is -0.132. The van der Waals surface area contributed by atoms with E-state index in [4.69, 9.17) is 5.11 Å². The standard InChI is InChI=1S/C6H12N2O2/c9-4-6(10)5-3-7-1-2-8-5/h5,7-9H,1-4H2. The normalized spacial score (nSPS) is 26.3. The molecule has 1 unspecified atom stereocenters. The molecule has 10 heavy (non-hydrogen) atoms. The third-order valence-corrected chi connectivity index (χ3v) is 1.59. The van der Waals surface area contributed by atoms with Gasteiger partial charge in [-0.05, 0) is 0 Å². The minimum absolute atomic E-state index is 0.132. The highest BCUT2D eigenvalue weighted by molar-refractivity contribution is 5.85. The summed E-state index contributed by atoms with van der Waals surface area (Å²) >= 11 is 0. The molecule has 3 N–H and O–H groups in total. The first-order chi connectivity index (χ1) is 4.84. The molecule has 1 fully saturated rings. The van der Waals surface area contributed by atoms with Crippen LogP contribution in [0.3, 0.4) is 0 Å². The van der Waals surface area contributed by atoms with Gasteiger partial charge in [-0.2, -0.15) is 0 Å². The number of carbonyl (C=O) groups is 1. The van der Waals surface area contributed by atoms with Crippen LogP contribution in [-0.4, -0.2) is 43.2 Å². The Morgan fingerprint density at radius 3 is 2.90 bits per heavy atom. The minimum Gasteiger partial charge on any atom is -0.389 e. The molecule has 0 bridgehead atoms. The third kappa shape index (κ3) is 1.76. The van der Waals surface area contributed by atoms with Gasteiger partial charge in [0.15, 0.2) is 5.78 Å². The Labute approximate surface area is 59.6 Å². The predicted octanol–water partition coefficient (Wildman–Crippen LogP) is -1.89. The second-order valence-corrected chi connectivity index (χ2v) is 2.34. The van der Waals surface area contributed by atoms with Crippen LogP contribution in [0.4, 0.5) is 0 Å². The molecule has 0 spiro atoms. The SMILES string of the molecule is O=C(CO)C1CNCCN1. The molecular weight excluding hydrogens is 132 g/mol. The summed E-state index contributed by atoms with van der Waals surface area (Å²) in [6.45, 7) is 1.98. The maximum Gasteiger partial charge on any atom is 0.176 e. The summed E-state index contributed by atoms with van der Waals surface area (Å²) < 4.78 is 0. The van der Waals surface area contributed by atoms with Crippen LogP contribution in [0.2, 0.25) is 0 Å². The molecule has 1 atom stereocenters. The molecule has 1 rings (SSSR count). The molecule has 1 heterocycles. The number of aliphatic hydroxyl groups excluding tert-OH is 1. The Bertz CT molecular complexity index is 121. The van der Waals surface area contributed by atoms with E-state index in [0.29, 0.717) is 6.54 Å². The van der Waals surface area contributed by atoms with Gasteiger partial charge in [-0.15, -0.1) is 0 Å². The number of aliphatic hydroxyl groups is 1. The van der Waals surface area contributed by atoms with Gasteiger partial charge < -0.3 is 15.7 Å². The van der Waals surface area contributed by atoms with Crippen molar-refractivity contribution in [3.63, 3.8) is 0 Å². The lowest BCUT2D eigenvalue weighted by Gasteiger charge is -2.22. The van der Waals surface area contributed by atoms with Crippen molar-refractivity contribution in [2.75, 3.05) is 26.2 Å². The largest absolute Gasteiger partial charge is 0.389 e. The summed E-state index contributed by atoms with van der Waals surface area (Å²) in [5, 5.41) is 14.5. The van der Waals surface area contributed by atoms with E-state index in [-0.39, 0.29) is 18.4 Å². The van der Waals surface area contributed by atoms with E-state index in [9.17, 15) is 4.79 Å². The van der Waals surface area contributed by atoms with Crippen molar-refractivity contribution in [3.8, 4) is 0 Å². The Morgan fingerprint density at radius 2 is 2.40 bits per heavy atom. The molecule has 0 aromatic heterocycles. The van der Waals surface area contributed by atoms with Crippen molar-refractivity contribution in [2.24, 2.45) is 0 Å². The molecule has 0 aliphatic carbocycles. The highest BCUT2D eigenvalue weighted by Crippen LogP contribution is 1.87. The van der Waals surface area contributed by atoms with Crippen LogP contribution in [-0.2, 0) is 4.79 Å². The zero-order valence-electron chi connectivity index (χ0n) is 5.76. The number of ketones is 1. The summed E-state index contributed by atoms with van der Waals surface area (Å²) in [7, 11) is 0. The Balaban J connectivity index is 2.31. The highest BCUT2D eigenvalue weighted by atomic mass is 16.3. The molecule has 4 nitrogen and oxygen atoms in total. The fourth-order valence-electron chi connectivity index (χ4n) is 0.991. The fraction of sp³-hybridized carbons (Fsp3) is 0.833. The Morgan fingerprint density at radius 1 is 1.60 bits per heavy atom. The van der Waals surface area contributed by atoms with E-state index >= 15 is 0 Å².